The number of hydrogen-bond donors (Lipinski definition) is 0. The van der Waals surface area contributed by atoms with Gasteiger partial charge < -0.3 is 4.74 Å². The fourth-order valence-corrected chi connectivity index (χ4v) is 5.52. The normalized spacial score (nSPS) is 21.2. The molecule has 1 aromatic rings. The van der Waals surface area contributed by atoms with Crippen molar-refractivity contribution >= 4 is 10.0 Å². The first kappa shape index (κ1) is 12.8. The maximum atomic E-state index is 5.86. The minimum atomic E-state index is -0.498. The Balaban J connectivity index is 2.13. The summed E-state index contributed by atoms with van der Waals surface area (Å²) in [5.74, 6) is 3.81. The van der Waals surface area contributed by atoms with Crippen LogP contribution in [0.5, 0.6) is 5.75 Å². The molecule has 1 saturated heterocycles. The zero-order chi connectivity index (χ0) is 12.5. The van der Waals surface area contributed by atoms with E-state index >= 15 is 0 Å². The van der Waals surface area contributed by atoms with Crippen molar-refractivity contribution in [3.63, 3.8) is 0 Å². The van der Waals surface area contributed by atoms with E-state index in [1.807, 2.05) is 0 Å². The molecule has 0 spiro atoms. The van der Waals surface area contributed by atoms with Crippen LogP contribution in [0.25, 0.3) is 0 Å². The van der Waals surface area contributed by atoms with Crippen LogP contribution in [0.3, 0.4) is 0 Å². The second-order valence-corrected chi connectivity index (χ2v) is 9.91. The number of rotatable bonds is 2. The molecule has 0 aromatic heterocycles. The first-order valence-corrected chi connectivity index (χ1v) is 8.80. The number of ether oxygens (including phenoxy) is 1. The standard InChI is InChI=1S/C15H24OS/c1-15(2,3)16-13-7-9-14(10-8-13)17(4)11-5-6-12-17/h7-10H,5-6,11-12H2,1-4H3. The van der Waals surface area contributed by atoms with Gasteiger partial charge in [0.15, 0.2) is 0 Å². The van der Waals surface area contributed by atoms with Crippen LogP contribution in [0, 0.1) is 0 Å². The maximum Gasteiger partial charge on any atom is 0.120 e. The van der Waals surface area contributed by atoms with E-state index in [1.165, 1.54) is 24.3 Å². The van der Waals surface area contributed by atoms with Crippen LogP contribution in [0.2, 0.25) is 0 Å². The molecule has 0 N–H and O–H groups in total. The van der Waals surface area contributed by atoms with Gasteiger partial charge in [0.25, 0.3) is 0 Å². The zero-order valence-corrected chi connectivity index (χ0v) is 12.3. The molecule has 1 aliphatic heterocycles. The molecule has 0 radical (unpaired) electrons. The highest BCUT2D eigenvalue weighted by molar-refractivity contribution is 8.33. The van der Waals surface area contributed by atoms with E-state index in [0.717, 1.165) is 5.75 Å². The quantitative estimate of drug-likeness (QED) is 0.755. The van der Waals surface area contributed by atoms with Crippen LogP contribution in [0.15, 0.2) is 29.2 Å². The molecular formula is C15H24OS. The number of hydrogen-bond acceptors (Lipinski definition) is 1. The van der Waals surface area contributed by atoms with Crippen LogP contribution in [0.1, 0.15) is 33.6 Å². The Hall–Kier alpha value is -0.630. The predicted octanol–water partition coefficient (Wildman–Crippen LogP) is 4.45. The van der Waals surface area contributed by atoms with Gasteiger partial charge >= 0.3 is 0 Å². The van der Waals surface area contributed by atoms with Gasteiger partial charge in [-0.3, -0.25) is 0 Å². The third-order valence-corrected chi connectivity index (χ3v) is 7.05. The molecule has 0 aliphatic carbocycles. The van der Waals surface area contributed by atoms with Crippen molar-refractivity contribution in [1.29, 1.82) is 0 Å². The Kier molecular flexibility index (Phi) is 3.44. The summed E-state index contributed by atoms with van der Waals surface area (Å²) in [6.45, 7) is 6.26. The summed E-state index contributed by atoms with van der Waals surface area (Å²) in [5, 5.41) is 0. The highest BCUT2D eigenvalue weighted by Crippen LogP contribution is 2.57. The smallest absolute Gasteiger partial charge is 0.120 e. The Bertz CT molecular complexity index is 369. The van der Waals surface area contributed by atoms with Crippen LogP contribution in [-0.4, -0.2) is 23.4 Å². The van der Waals surface area contributed by atoms with E-state index < -0.39 is 10.0 Å². The predicted molar refractivity (Wildman–Crippen MR) is 77.6 cm³/mol. The molecule has 17 heavy (non-hydrogen) atoms. The average molecular weight is 252 g/mol. The molecule has 96 valence electrons. The van der Waals surface area contributed by atoms with Gasteiger partial charge in [0.05, 0.1) is 0 Å². The van der Waals surface area contributed by atoms with E-state index in [2.05, 4.69) is 51.3 Å². The van der Waals surface area contributed by atoms with Gasteiger partial charge in [-0.25, -0.2) is 10.0 Å². The zero-order valence-electron chi connectivity index (χ0n) is 11.5. The van der Waals surface area contributed by atoms with Crippen LogP contribution < -0.4 is 4.74 Å². The molecule has 2 heteroatoms. The second-order valence-electron chi connectivity index (χ2n) is 6.08. The summed E-state index contributed by atoms with van der Waals surface area (Å²) in [6.07, 6.45) is 5.29. The van der Waals surface area contributed by atoms with Crippen molar-refractivity contribution in [2.75, 3.05) is 17.8 Å². The topological polar surface area (TPSA) is 9.23 Å². The minimum absolute atomic E-state index is 0.106. The van der Waals surface area contributed by atoms with Crippen LogP contribution >= 0.6 is 10.0 Å². The molecule has 2 rings (SSSR count). The Morgan fingerprint density at radius 3 is 2.00 bits per heavy atom. The molecule has 1 aromatic carbocycles. The summed E-state index contributed by atoms with van der Waals surface area (Å²) < 4.78 is 5.86. The molecular weight excluding hydrogens is 228 g/mol. The van der Waals surface area contributed by atoms with Gasteiger partial charge in [-0.2, -0.15) is 0 Å². The second kappa shape index (κ2) is 4.56. The molecule has 0 unspecified atom stereocenters. The summed E-state index contributed by atoms with van der Waals surface area (Å²) in [7, 11) is -0.498. The Morgan fingerprint density at radius 1 is 1.00 bits per heavy atom. The molecule has 0 amide bonds. The Morgan fingerprint density at radius 2 is 1.53 bits per heavy atom. The summed E-state index contributed by atoms with van der Waals surface area (Å²) in [6, 6.07) is 8.83. The molecule has 1 heterocycles. The van der Waals surface area contributed by atoms with Crippen molar-refractivity contribution in [3.8, 4) is 5.75 Å². The van der Waals surface area contributed by atoms with E-state index in [-0.39, 0.29) is 5.60 Å². The van der Waals surface area contributed by atoms with Crippen LogP contribution in [-0.2, 0) is 0 Å². The highest BCUT2D eigenvalue weighted by Gasteiger charge is 2.25. The van der Waals surface area contributed by atoms with Crippen molar-refractivity contribution < 1.29 is 4.74 Å². The van der Waals surface area contributed by atoms with Gasteiger partial charge in [-0.15, -0.1) is 0 Å². The molecule has 0 bridgehead atoms. The molecule has 0 atom stereocenters. The van der Waals surface area contributed by atoms with Gasteiger partial charge in [-0.1, -0.05) is 0 Å². The third-order valence-electron chi connectivity index (χ3n) is 3.26. The van der Waals surface area contributed by atoms with E-state index in [0.29, 0.717) is 0 Å². The maximum absolute atomic E-state index is 5.86. The monoisotopic (exact) mass is 252 g/mol. The van der Waals surface area contributed by atoms with Gasteiger partial charge in [0, 0.05) is 0 Å². The first-order valence-electron chi connectivity index (χ1n) is 6.42. The van der Waals surface area contributed by atoms with E-state index in [1.54, 1.807) is 4.90 Å². The van der Waals surface area contributed by atoms with Crippen molar-refractivity contribution in [2.24, 2.45) is 0 Å². The third kappa shape index (κ3) is 3.19. The molecule has 1 fully saturated rings. The molecule has 1 nitrogen and oxygen atoms in total. The summed E-state index contributed by atoms with van der Waals surface area (Å²) in [5.41, 5.74) is -0.106. The number of benzene rings is 1. The van der Waals surface area contributed by atoms with Crippen molar-refractivity contribution in [2.45, 2.75) is 44.1 Å². The van der Waals surface area contributed by atoms with E-state index in [4.69, 9.17) is 4.74 Å². The van der Waals surface area contributed by atoms with Crippen molar-refractivity contribution in [3.05, 3.63) is 24.3 Å². The summed E-state index contributed by atoms with van der Waals surface area (Å²) >= 11 is 0. The first-order chi connectivity index (χ1) is 7.89. The fraction of sp³-hybridized carbons (Fsp3) is 0.600. The van der Waals surface area contributed by atoms with Gasteiger partial charge in [0.2, 0.25) is 0 Å². The lowest BCUT2D eigenvalue weighted by Crippen LogP contribution is -2.22. The van der Waals surface area contributed by atoms with Crippen molar-refractivity contribution in [1.82, 2.24) is 0 Å². The van der Waals surface area contributed by atoms with Gasteiger partial charge in [-0.05, 0) is 80.5 Å². The largest absolute Gasteiger partial charge is 0.488 e. The average Bonchev–Trinajstić information content (AvgIpc) is 2.65. The SMILES string of the molecule is CC(C)(C)Oc1ccc(S2(C)CCCC2)cc1. The molecule has 0 saturated carbocycles. The van der Waals surface area contributed by atoms with E-state index in [9.17, 15) is 0 Å². The minimum Gasteiger partial charge on any atom is -0.488 e. The fourth-order valence-electron chi connectivity index (χ4n) is 2.37. The highest BCUT2D eigenvalue weighted by atomic mass is 32.3. The molecule has 1 aliphatic rings. The summed E-state index contributed by atoms with van der Waals surface area (Å²) in [4.78, 5) is 1.55. The Labute approximate surface area is 107 Å². The lowest BCUT2D eigenvalue weighted by Gasteiger charge is -2.31. The van der Waals surface area contributed by atoms with Crippen LogP contribution in [0.4, 0.5) is 0 Å². The lowest BCUT2D eigenvalue weighted by atomic mass is 10.2. The van der Waals surface area contributed by atoms with Gasteiger partial charge in [0.1, 0.15) is 11.4 Å². The lowest BCUT2D eigenvalue weighted by molar-refractivity contribution is 0.131.